The second kappa shape index (κ2) is 5.79. The van der Waals surface area contributed by atoms with Crippen LogP contribution in [0.1, 0.15) is 23.8 Å². The molecule has 4 N–H and O–H groups in total. The summed E-state index contributed by atoms with van der Waals surface area (Å²) in [5.74, 6) is 0.488. The molecule has 1 rings (SSSR count). The van der Waals surface area contributed by atoms with Crippen molar-refractivity contribution in [1.29, 1.82) is 0 Å². The van der Waals surface area contributed by atoms with E-state index in [4.69, 9.17) is 10.5 Å². The third-order valence-corrected chi connectivity index (χ3v) is 2.46. The molecule has 1 aromatic rings. The maximum Gasteiger partial charge on any atom is 0.213 e. The number of methoxy groups -OCH3 is 1. The number of pyridine rings is 1. The zero-order valence-corrected chi connectivity index (χ0v) is 9.55. The van der Waals surface area contributed by atoms with Crippen LogP contribution in [-0.4, -0.2) is 35.0 Å². The number of aliphatic hydroxyl groups is 2. The van der Waals surface area contributed by atoms with Crippen molar-refractivity contribution in [2.45, 2.75) is 25.6 Å². The Morgan fingerprint density at radius 2 is 2.12 bits per heavy atom. The minimum absolute atomic E-state index is 0.334. The van der Waals surface area contributed by atoms with Gasteiger partial charge in [0.15, 0.2) is 0 Å². The molecule has 90 valence electrons. The maximum absolute atomic E-state index is 9.88. The van der Waals surface area contributed by atoms with E-state index in [2.05, 4.69) is 4.98 Å². The van der Waals surface area contributed by atoms with Crippen LogP contribution in [0.2, 0.25) is 0 Å². The average molecular weight is 226 g/mol. The van der Waals surface area contributed by atoms with Crippen molar-refractivity contribution in [3.05, 3.63) is 23.4 Å². The van der Waals surface area contributed by atoms with Gasteiger partial charge in [0, 0.05) is 17.3 Å². The molecule has 0 fully saturated rings. The molecule has 2 atom stereocenters. The second-order valence-electron chi connectivity index (χ2n) is 3.62. The quantitative estimate of drug-likeness (QED) is 0.664. The molecule has 16 heavy (non-hydrogen) atoms. The summed E-state index contributed by atoms with van der Waals surface area (Å²) >= 11 is 0. The predicted molar refractivity (Wildman–Crippen MR) is 60.2 cm³/mol. The number of hydrogen-bond acceptors (Lipinski definition) is 5. The zero-order chi connectivity index (χ0) is 12.1. The van der Waals surface area contributed by atoms with Crippen molar-refractivity contribution in [2.75, 3.05) is 13.7 Å². The smallest absolute Gasteiger partial charge is 0.213 e. The first-order chi connectivity index (χ1) is 7.60. The van der Waals surface area contributed by atoms with E-state index in [-0.39, 0.29) is 0 Å². The van der Waals surface area contributed by atoms with Gasteiger partial charge >= 0.3 is 0 Å². The molecular weight excluding hydrogens is 208 g/mol. The van der Waals surface area contributed by atoms with Crippen LogP contribution in [0.25, 0.3) is 0 Å². The molecule has 0 bridgehead atoms. The van der Waals surface area contributed by atoms with Gasteiger partial charge in [-0.05, 0) is 26.0 Å². The van der Waals surface area contributed by atoms with Gasteiger partial charge in [-0.15, -0.1) is 0 Å². The van der Waals surface area contributed by atoms with Gasteiger partial charge in [-0.2, -0.15) is 0 Å². The van der Waals surface area contributed by atoms with E-state index in [1.165, 1.54) is 7.11 Å². The molecule has 0 radical (unpaired) electrons. The third kappa shape index (κ3) is 2.91. The summed E-state index contributed by atoms with van der Waals surface area (Å²) in [5, 5.41) is 19.5. The molecular formula is C11H18N2O3. The van der Waals surface area contributed by atoms with Crippen molar-refractivity contribution in [2.24, 2.45) is 5.73 Å². The van der Waals surface area contributed by atoms with Crippen LogP contribution in [0.3, 0.4) is 0 Å². The van der Waals surface area contributed by atoms with E-state index in [9.17, 15) is 10.2 Å². The Morgan fingerprint density at radius 3 is 2.62 bits per heavy atom. The van der Waals surface area contributed by atoms with Crippen molar-refractivity contribution in [3.8, 4) is 5.88 Å². The molecule has 0 aromatic carbocycles. The van der Waals surface area contributed by atoms with E-state index in [0.717, 1.165) is 0 Å². The largest absolute Gasteiger partial charge is 0.481 e. The summed E-state index contributed by atoms with van der Waals surface area (Å²) in [6.07, 6.45) is -1.46. The van der Waals surface area contributed by atoms with Crippen LogP contribution in [0.5, 0.6) is 5.88 Å². The fraction of sp³-hybridized carbons (Fsp3) is 0.545. The van der Waals surface area contributed by atoms with E-state index in [1.54, 1.807) is 19.1 Å². The van der Waals surface area contributed by atoms with Crippen LogP contribution in [0, 0.1) is 6.92 Å². The minimum Gasteiger partial charge on any atom is -0.481 e. The Balaban J connectivity index is 2.87. The standard InChI is InChI=1S/C11H18N2O3/c1-7-8(3-4-10(13-7)16-2)11(15)9(14)5-6-12/h3-4,9,11,14-15H,5-6,12H2,1-2H3. The summed E-state index contributed by atoms with van der Waals surface area (Å²) in [4.78, 5) is 4.13. The highest BCUT2D eigenvalue weighted by Gasteiger charge is 2.20. The first-order valence-electron chi connectivity index (χ1n) is 5.18. The molecule has 1 aromatic heterocycles. The molecule has 0 aliphatic carbocycles. The Kier molecular flexibility index (Phi) is 4.67. The summed E-state index contributed by atoms with van der Waals surface area (Å²) in [7, 11) is 1.53. The fourth-order valence-electron chi connectivity index (χ4n) is 1.51. The fourth-order valence-corrected chi connectivity index (χ4v) is 1.51. The van der Waals surface area contributed by atoms with Crippen molar-refractivity contribution >= 4 is 0 Å². The van der Waals surface area contributed by atoms with Gasteiger partial charge in [-0.3, -0.25) is 0 Å². The van der Waals surface area contributed by atoms with Gasteiger partial charge in [0.25, 0.3) is 0 Å². The lowest BCUT2D eigenvalue weighted by Crippen LogP contribution is -2.22. The van der Waals surface area contributed by atoms with Crippen molar-refractivity contribution in [1.82, 2.24) is 4.98 Å². The lowest BCUT2D eigenvalue weighted by atomic mass is 10.0. The topological polar surface area (TPSA) is 88.6 Å². The molecule has 2 unspecified atom stereocenters. The molecule has 0 aliphatic rings. The van der Waals surface area contributed by atoms with E-state index >= 15 is 0 Å². The molecule has 0 saturated heterocycles. The average Bonchev–Trinajstić information content (AvgIpc) is 2.28. The summed E-state index contributed by atoms with van der Waals surface area (Å²) in [5.41, 5.74) is 6.56. The van der Waals surface area contributed by atoms with Crippen LogP contribution < -0.4 is 10.5 Å². The predicted octanol–water partition coefficient (Wildman–Crippen LogP) is 0.142. The van der Waals surface area contributed by atoms with Gasteiger partial charge in [0.2, 0.25) is 5.88 Å². The molecule has 5 heteroatoms. The number of rotatable bonds is 5. The van der Waals surface area contributed by atoms with Crippen LogP contribution in [0.15, 0.2) is 12.1 Å². The van der Waals surface area contributed by atoms with Crippen LogP contribution in [-0.2, 0) is 0 Å². The second-order valence-corrected chi connectivity index (χ2v) is 3.62. The number of ether oxygens (including phenoxy) is 1. The molecule has 0 aliphatic heterocycles. The van der Waals surface area contributed by atoms with E-state index in [1.807, 2.05) is 0 Å². The van der Waals surface area contributed by atoms with Gasteiger partial charge in [-0.25, -0.2) is 4.98 Å². The monoisotopic (exact) mass is 226 g/mol. The SMILES string of the molecule is COc1ccc(C(O)C(O)CCN)c(C)n1. The van der Waals surface area contributed by atoms with Crippen molar-refractivity contribution in [3.63, 3.8) is 0 Å². The molecule has 0 spiro atoms. The first-order valence-corrected chi connectivity index (χ1v) is 5.18. The Hall–Kier alpha value is -1.17. The van der Waals surface area contributed by atoms with Gasteiger partial charge in [0.1, 0.15) is 6.10 Å². The molecule has 0 amide bonds. The number of hydrogen-bond donors (Lipinski definition) is 3. The summed E-state index contributed by atoms with van der Waals surface area (Å²) in [6, 6.07) is 3.35. The number of aromatic nitrogens is 1. The lowest BCUT2D eigenvalue weighted by Gasteiger charge is -2.19. The number of aryl methyl sites for hydroxylation is 1. The Bertz CT molecular complexity index is 344. The van der Waals surface area contributed by atoms with Crippen LogP contribution >= 0.6 is 0 Å². The van der Waals surface area contributed by atoms with Gasteiger partial charge in [0.05, 0.1) is 13.2 Å². The zero-order valence-electron chi connectivity index (χ0n) is 9.55. The highest BCUT2D eigenvalue weighted by molar-refractivity contribution is 5.27. The number of nitrogens with two attached hydrogens (primary N) is 1. The number of nitrogens with zero attached hydrogens (tertiary/aromatic N) is 1. The third-order valence-electron chi connectivity index (χ3n) is 2.46. The summed E-state index contributed by atoms with van der Waals surface area (Å²) in [6.45, 7) is 2.09. The lowest BCUT2D eigenvalue weighted by molar-refractivity contribution is 0.0144. The number of aliphatic hydroxyl groups excluding tert-OH is 2. The van der Waals surface area contributed by atoms with E-state index < -0.39 is 12.2 Å². The van der Waals surface area contributed by atoms with Gasteiger partial charge < -0.3 is 20.7 Å². The van der Waals surface area contributed by atoms with Gasteiger partial charge in [-0.1, -0.05) is 0 Å². The summed E-state index contributed by atoms with van der Waals surface area (Å²) < 4.78 is 4.96. The van der Waals surface area contributed by atoms with E-state index in [0.29, 0.717) is 30.1 Å². The molecule has 0 saturated carbocycles. The minimum atomic E-state index is -0.957. The first kappa shape index (κ1) is 12.9. The highest BCUT2D eigenvalue weighted by Crippen LogP contribution is 2.23. The Morgan fingerprint density at radius 1 is 1.44 bits per heavy atom. The molecule has 5 nitrogen and oxygen atoms in total. The van der Waals surface area contributed by atoms with Crippen LogP contribution in [0.4, 0.5) is 0 Å². The normalized spacial score (nSPS) is 14.6. The van der Waals surface area contributed by atoms with Crippen molar-refractivity contribution < 1.29 is 14.9 Å². The molecule has 1 heterocycles. The Labute approximate surface area is 94.9 Å². The maximum atomic E-state index is 9.88. The highest BCUT2D eigenvalue weighted by atomic mass is 16.5.